The van der Waals surface area contributed by atoms with E-state index in [1.165, 1.54) is 38.5 Å². The van der Waals surface area contributed by atoms with Crippen molar-refractivity contribution < 1.29 is 0 Å². The molecule has 0 aromatic rings. The van der Waals surface area contributed by atoms with Crippen LogP contribution in [-0.4, -0.2) is 12.1 Å². The van der Waals surface area contributed by atoms with E-state index in [1.807, 2.05) is 0 Å². The van der Waals surface area contributed by atoms with Crippen LogP contribution < -0.4 is 5.32 Å². The van der Waals surface area contributed by atoms with E-state index in [0.717, 1.165) is 18.0 Å². The van der Waals surface area contributed by atoms with Gasteiger partial charge in [-0.25, -0.2) is 0 Å². The number of nitrogens with one attached hydrogen (secondary N) is 1. The van der Waals surface area contributed by atoms with Crippen LogP contribution in [0.15, 0.2) is 0 Å². The molecule has 2 aliphatic rings. The van der Waals surface area contributed by atoms with Crippen LogP contribution in [0.4, 0.5) is 0 Å². The Hall–Kier alpha value is -0.0400. The van der Waals surface area contributed by atoms with E-state index in [0.29, 0.717) is 0 Å². The second-order valence-corrected chi connectivity index (χ2v) is 4.23. The quantitative estimate of drug-likeness (QED) is 0.639. The lowest BCUT2D eigenvalue weighted by Crippen LogP contribution is -2.30. The number of rotatable bonds is 5. The maximum atomic E-state index is 3.71. The first-order valence-electron chi connectivity index (χ1n) is 5.14. The van der Waals surface area contributed by atoms with Crippen LogP contribution in [0.25, 0.3) is 0 Å². The highest BCUT2D eigenvalue weighted by atomic mass is 15.0. The summed E-state index contributed by atoms with van der Waals surface area (Å²) in [6, 6.07) is 1.74. The van der Waals surface area contributed by atoms with Crippen molar-refractivity contribution in [2.75, 3.05) is 0 Å². The van der Waals surface area contributed by atoms with Crippen LogP contribution >= 0.6 is 0 Å². The second kappa shape index (κ2) is 3.14. The zero-order valence-corrected chi connectivity index (χ0v) is 7.47. The Bertz CT molecular complexity index is 111. The van der Waals surface area contributed by atoms with Crippen molar-refractivity contribution >= 4 is 0 Å². The lowest BCUT2D eigenvalue weighted by atomic mass is 10.1. The van der Waals surface area contributed by atoms with Gasteiger partial charge in [0.15, 0.2) is 0 Å². The maximum absolute atomic E-state index is 3.71. The molecule has 11 heavy (non-hydrogen) atoms. The molecule has 2 fully saturated rings. The Morgan fingerprint density at radius 1 is 1.27 bits per heavy atom. The van der Waals surface area contributed by atoms with Gasteiger partial charge in [0.2, 0.25) is 0 Å². The van der Waals surface area contributed by atoms with Crippen molar-refractivity contribution in [3.05, 3.63) is 0 Å². The molecule has 0 saturated heterocycles. The van der Waals surface area contributed by atoms with Crippen molar-refractivity contribution in [2.45, 2.75) is 57.5 Å². The minimum Gasteiger partial charge on any atom is -0.311 e. The van der Waals surface area contributed by atoms with Gasteiger partial charge < -0.3 is 5.32 Å². The van der Waals surface area contributed by atoms with Gasteiger partial charge in [-0.15, -0.1) is 0 Å². The van der Waals surface area contributed by atoms with Crippen molar-refractivity contribution in [3.8, 4) is 0 Å². The summed E-state index contributed by atoms with van der Waals surface area (Å²) in [4.78, 5) is 0. The van der Waals surface area contributed by atoms with Crippen molar-refractivity contribution in [3.63, 3.8) is 0 Å². The van der Waals surface area contributed by atoms with Crippen LogP contribution in [0, 0.1) is 5.92 Å². The fourth-order valence-electron chi connectivity index (χ4n) is 1.69. The van der Waals surface area contributed by atoms with Crippen LogP contribution in [0.2, 0.25) is 0 Å². The number of hydrogen-bond donors (Lipinski definition) is 1. The summed E-state index contributed by atoms with van der Waals surface area (Å²) in [6.07, 6.45) is 8.65. The summed E-state index contributed by atoms with van der Waals surface area (Å²) in [6.45, 7) is 2.31. The zero-order chi connectivity index (χ0) is 7.68. The summed E-state index contributed by atoms with van der Waals surface area (Å²) in [5.41, 5.74) is 0. The van der Waals surface area contributed by atoms with Crippen LogP contribution in [0.5, 0.6) is 0 Å². The predicted molar refractivity (Wildman–Crippen MR) is 47.6 cm³/mol. The average Bonchev–Trinajstić information content (AvgIpc) is 2.78. The SMILES string of the molecule is CCC(CC1CC1)NC1CC1. The van der Waals surface area contributed by atoms with E-state index in [2.05, 4.69) is 12.2 Å². The Morgan fingerprint density at radius 3 is 2.45 bits per heavy atom. The summed E-state index contributed by atoms with van der Waals surface area (Å²) in [7, 11) is 0. The van der Waals surface area contributed by atoms with Gasteiger partial charge in [-0.2, -0.15) is 0 Å². The maximum Gasteiger partial charge on any atom is 0.00708 e. The lowest BCUT2D eigenvalue weighted by Gasteiger charge is -2.15. The molecular formula is C10H19N. The van der Waals surface area contributed by atoms with Crippen molar-refractivity contribution in [1.82, 2.24) is 5.32 Å². The monoisotopic (exact) mass is 153 g/mol. The van der Waals surface area contributed by atoms with Crippen molar-refractivity contribution in [2.24, 2.45) is 5.92 Å². The van der Waals surface area contributed by atoms with Crippen LogP contribution in [0.3, 0.4) is 0 Å². The Balaban J connectivity index is 1.65. The summed E-state index contributed by atoms with van der Waals surface area (Å²) >= 11 is 0. The molecule has 1 atom stereocenters. The van der Waals surface area contributed by atoms with Gasteiger partial charge >= 0.3 is 0 Å². The third-order valence-electron chi connectivity index (χ3n) is 2.86. The van der Waals surface area contributed by atoms with E-state index < -0.39 is 0 Å². The number of hydrogen-bond acceptors (Lipinski definition) is 1. The standard InChI is InChI=1S/C10H19N/c1-2-9(7-8-3-4-8)11-10-5-6-10/h8-11H,2-7H2,1H3. The molecule has 2 rings (SSSR count). The molecule has 1 nitrogen and oxygen atoms in total. The summed E-state index contributed by atoms with van der Waals surface area (Å²) in [5, 5.41) is 3.71. The van der Waals surface area contributed by atoms with E-state index in [9.17, 15) is 0 Å². The molecule has 1 unspecified atom stereocenters. The van der Waals surface area contributed by atoms with Gasteiger partial charge in [0, 0.05) is 12.1 Å². The lowest BCUT2D eigenvalue weighted by molar-refractivity contribution is 0.443. The molecule has 0 bridgehead atoms. The third-order valence-corrected chi connectivity index (χ3v) is 2.86. The average molecular weight is 153 g/mol. The molecule has 2 aliphatic carbocycles. The first-order valence-corrected chi connectivity index (χ1v) is 5.14. The molecule has 0 amide bonds. The molecule has 0 spiro atoms. The fourth-order valence-corrected chi connectivity index (χ4v) is 1.69. The summed E-state index contributed by atoms with van der Waals surface area (Å²) in [5.74, 6) is 1.09. The second-order valence-electron chi connectivity index (χ2n) is 4.23. The molecule has 0 radical (unpaired) electrons. The molecule has 0 aromatic heterocycles. The topological polar surface area (TPSA) is 12.0 Å². The minimum absolute atomic E-state index is 0.843. The minimum atomic E-state index is 0.843. The normalized spacial score (nSPS) is 27.0. The van der Waals surface area contributed by atoms with E-state index in [4.69, 9.17) is 0 Å². The van der Waals surface area contributed by atoms with Gasteiger partial charge in [-0.1, -0.05) is 19.8 Å². The fraction of sp³-hybridized carbons (Fsp3) is 1.00. The van der Waals surface area contributed by atoms with Gasteiger partial charge in [-0.05, 0) is 31.6 Å². The molecule has 2 saturated carbocycles. The largest absolute Gasteiger partial charge is 0.311 e. The van der Waals surface area contributed by atoms with Gasteiger partial charge in [0.25, 0.3) is 0 Å². The van der Waals surface area contributed by atoms with Crippen molar-refractivity contribution in [1.29, 1.82) is 0 Å². The predicted octanol–water partition coefficient (Wildman–Crippen LogP) is 2.32. The smallest absolute Gasteiger partial charge is 0.00708 e. The van der Waals surface area contributed by atoms with E-state index in [1.54, 1.807) is 0 Å². The highest BCUT2D eigenvalue weighted by Crippen LogP contribution is 2.34. The first-order chi connectivity index (χ1) is 5.38. The molecule has 1 heteroatoms. The molecule has 0 heterocycles. The summed E-state index contributed by atoms with van der Waals surface area (Å²) < 4.78 is 0. The van der Waals surface area contributed by atoms with Gasteiger partial charge in [0.05, 0.1) is 0 Å². The zero-order valence-electron chi connectivity index (χ0n) is 7.47. The first kappa shape index (κ1) is 7.60. The van der Waals surface area contributed by atoms with Gasteiger partial charge in [-0.3, -0.25) is 0 Å². The van der Waals surface area contributed by atoms with Crippen LogP contribution in [0.1, 0.15) is 45.4 Å². The van der Waals surface area contributed by atoms with Crippen LogP contribution in [-0.2, 0) is 0 Å². The van der Waals surface area contributed by atoms with E-state index >= 15 is 0 Å². The van der Waals surface area contributed by atoms with E-state index in [-0.39, 0.29) is 0 Å². The highest BCUT2D eigenvalue weighted by molar-refractivity contribution is 4.87. The molecule has 0 aromatic carbocycles. The van der Waals surface area contributed by atoms with Gasteiger partial charge in [0.1, 0.15) is 0 Å². The molecule has 0 aliphatic heterocycles. The Morgan fingerprint density at radius 2 is 2.00 bits per heavy atom. The highest BCUT2D eigenvalue weighted by Gasteiger charge is 2.28. The Labute approximate surface area is 69.6 Å². The molecular weight excluding hydrogens is 134 g/mol. The Kier molecular flexibility index (Phi) is 2.17. The molecule has 1 N–H and O–H groups in total. The molecule has 64 valence electrons. The third kappa shape index (κ3) is 2.48.